The fourth-order valence-electron chi connectivity index (χ4n) is 2.73. The number of halogens is 1. The molecule has 3 heterocycles. The van der Waals surface area contributed by atoms with Gasteiger partial charge in [0.25, 0.3) is 0 Å². The lowest BCUT2D eigenvalue weighted by atomic mass is 10.3. The van der Waals surface area contributed by atoms with E-state index in [0.717, 1.165) is 39.1 Å². The Morgan fingerprint density at radius 2 is 2.08 bits per heavy atom. The molecule has 0 aliphatic carbocycles. The van der Waals surface area contributed by atoms with Crippen molar-refractivity contribution in [3.8, 4) is 0 Å². The molecular formula is C15H23ClN6O2. The van der Waals surface area contributed by atoms with E-state index in [0.29, 0.717) is 12.2 Å². The highest BCUT2D eigenvalue weighted by molar-refractivity contribution is 5.85. The van der Waals surface area contributed by atoms with Crippen LogP contribution in [0.2, 0.25) is 0 Å². The molecule has 3 rings (SSSR count). The number of pyridine rings is 1. The van der Waals surface area contributed by atoms with Crippen LogP contribution >= 0.6 is 12.4 Å². The number of carbonyl (C=O) groups excluding carboxylic acids is 1. The molecule has 2 aromatic rings. The molecule has 0 saturated carbocycles. The Labute approximate surface area is 146 Å². The molecule has 9 heteroatoms. The monoisotopic (exact) mass is 354 g/mol. The number of aromatic nitrogens is 3. The Hall–Kier alpha value is -1.90. The number of rotatable bonds is 6. The van der Waals surface area contributed by atoms with Crippen LogP contribution in [-0.2, 0) is 11.3 Å². The zero-order valence-electron chi connectivity index (χ0n) is 13.5. The molecule has 24 heavy (non-hydrogen) atoms. The van der Waals surface area contributed by atoms with E-state index < -0.39 is 0 Å². The molecule has 0 radical (unpaired) electrons. The van der Waals surface area contributed by atoms with Crippen LogP contribution in [0.15, 0.2) is 29.2 Å². The van der Waals surface area contributed by atoms with Gasteiger partial charge in [-0.1, -0.05) is 6.07 Å². The first-order valence-corrected chi connectivity index (χ1v) is 7.98. The number of nitrogens with zero attached hydrogens (tertiary/aromatic N) is 4. The van der Waals surface area contributed by atoms with Crippen LogP contribution in [0.25, 0.3) is 5.65 Å². The van der Waals surface area contributed by atoms with E-state index in [1.165, 1.54) is 9.08 Å². The summed E-state index contributed by atoms with van der Waals surface area (Å²) in [5.74, 6) is -0.184. The van der Waals surface area contributed by atoms with Gasteiger partial charge in [-0.05, 0) is 25.1 Å². The van der Waals surface area contributed by atoms with Gasteiger partial charge in [-0.15, -0.1) is 17.5 Å². The van der Waals surface area contributed by atoms with Gasteiger partial charge in [-0.3, -0.25) is 9.20 Å². The van der Waals surface area contributed by atoms with Crippen molar-refractivity contribution in [2.24, 2.45) is 0 Å². The summed E-state index contributed by atoms with van der Waals surface area (Å²) in [6.45, 7) is 5.73. The summed E-state index contributed by atoms with van der Waals surface area (Å²) in [7, 11) is 0. The van der Waals surface area contributed by atoms with Crippen molar-refractivity contribution in [3.63, 3.8) is 0 Å². The Balaban J connectivity index is 0.00000208. The Kier molecular flexibility index (Phi) is 6.77. The van der Waals surface area contributed by atoms with Crippen molar-refractivity contribution in [2.45, 2.75) is 13.0 Å². The second-order valence-electron chi connectivity index (χ2n) is 5.66. The quantitative estimate of drug-likeness (QED) is 0.672. The van der Waals surface area contributed by atoms with Crippen LogP contribution in [0.3, 0.4) is 0 Å². The predicted octanol–water partition coefficient (Wildman–Crippen LogP) is -0.671. The summed E-state index contributed by atoms with van der Waals surface area (Å²) in [5.41, 5.74) is 0.251. The van der Waals surface area contributed by atoms with E-state index in [9.17, 15) is 9.59 Å². The number of piperazine rings is 1. The number of nitrogens with one attached hydrogen (secondary N) is 2. The SMILES string of the molecule is Cl.O=C(Cn1nc2ccccn2c1=O)NCCCN1CCNCC1. The van der Waals surface area contributed by atoms with Gasteiger partial charge in [0.1, 0.15) is 6.54 Å². The lowest BCUT2D eigenvalue weighted by Crippen LogP contribution is -2.44. The summed E-state index contributed by atoms with van der Waals surface area (Å²) in [5, 5.41) is 10.3. The topological polar surface area (TPSA) is 83.7 Å². The van der Waals surface area contributed by atoms with E-state index >= 15 is 0 Å². The molecule has 0 atom stereocenters. The van der Waals surface area contributed by atoms with Gasteiger partial charge >= 0.3 is 5.69 Å². The average molecular weight is 355 g/mol. The third-order valence-corrected chi connectivity index (χ3v) is 3.96. The zero-order valence-corrected chi connectivity index (χ0v) is 14.3. The average Bonchev–Trinajstić information content (AvgIpc) is 2.89. The molecule has 2 N–H and O–H groups in total. The van der Waals surface area contributed by atoms with Crippen molar-refractivity contribution in [2.75, 3.05) is 39.3 Å². The molecule has 0 aromatic carbocycles. The first-order chi connectivity index (χ1) is 11.2. The molecule has 0 spiro atoms. The summed E-state index contributed by atoms with van der Waals surface area (Å²) >= 11 is 0. The molecule has 1 aliphatic heterocycles. The van der Waals surface area contributed by atoms with Gasteiger partial charge in [0.15, 0.2) is 5.65 Å². The second kappa shape index (κ2) is 8.81. The molecule has 132 valence electrons. The number of hydrogen-bond donors (Lipinski definition) is 2. The summed E-state index contributed by atoms with van der Waals surface area (Å²) in [6, 6.07) is 5.31. The molecular weight excluding hydrogens is 332 g/mol. The summed E-state index contributed by atoms with van der Waals surface area (Å²) < 4.78 is 2.62. The number of carbonyl (C=O) groups is 1. The van der Waals surface area contributed by atoms with Crippen LogP contribution < -0.4 is 16.3 Å². The van der Waals surface area contributed by atoms with Crippen molar-refractivity contribution in [1.82, 2.24) is 29.7 Å². The Bertz CT molecular complexity index is 722. The van der Waals surface area contributed by atoms with Crippen molar-refractivity contribution < 1.29 is 4.79 Å². The number of hydrogen-bond acceptors (Lipinski definition) is 5. The largest absolute Gasteiger partial charge is 0.354 e. The number of amides is 1. The van der Waals surface area contributed by atoms with Crippen molar-refractivity contribution >= 4 is 24.0 Å². The minimum absolute atomic E-state index is 0. The molecule has 1 saturated heterocycles. The van der Waals surface area contributed by atoms with Gasteiger partial charge in [-0.2, -0.15) is 0 Å². The van der Waals surface area contributed by atoms with E-state index in [1.807, 2.05) is 6.07 Å². The van der Waals surface area contributed by atoms with Crippen LogP contribution in [0.4, 0.5) is 0 Å². The highest BCUT2D eigenvalue weighted by Crippen LogP contribution is 1.95. The van der Waals surface area contributed by atoms with Gasteiger partial charge < -0.3 is 15.5 Å². The van der Waals surface area contributed by atoms with Crippen molar-refractivity contribution in [1.29, 1.82) is 0 Å². The predicted molar refractivity (Wildman–Crippen MR) is 93.6 cm³/mol. The third-order valence-electron chi connectivity index (χ3n) is 3.96. The van der Waals surface area contributed by atoms with E-state index in [-0.39, 0.29) is 30.5 Å². The van der Waals surface area contributed by atoms with Gasteiger partial charge in [0.05, 0.1) is 0 Å². The molecule has 1 aliphatic rings. The minimum atomic E-state index is -0.295. The fraction of sp³-hybridized carbons (Fsp3) is 0.533. The van der Waals surface area contributed by atoms with Gasteiger partial charge in [-0.25, -0.2) is 9.48 Å². The molecule has 0 unspecified atom stereocenters. The maximum absolute atomic E-state index is 12.1. The highest BCUT2D eigenvalue weighted by atomic mass is 35.5. The normalized spacial score (nSPS) is 15.2. The fourth-order valence-corrected chi connectivity index (χ4v) is 2.73. The van der Waals surface area contributed by atoms with E-state index in [4.69, 9.17) is 0 Å². The molecule has 1 amide bonds. The number of fused-ring (bicyclic) bond motifs is 1. The molecule has 2 aromatic heterocycles. The first-order valence-electron chi connectivity index (χ1n) is 7.98. The molecule has 1 fully saturated rings. The third kappa shape index (κ3) is 4.56. The smallest absolute Gasteiger partial charge is 0.350 e. The summed E-state index contributed by atoms with van der Waals surface area (Å²) in [6.07, 6.45) is 2.55. The Morgan fingerprint density at radius 3 is 2.83 bits per heavy atom. The lowest BCUT2D eigenvalue weighted by Gasteiger charge is -2.27. The van der Waals surface area contributed by atoms with Crippen molar-refractivity contribution in [3.05, 3.63) is 34.9 Å². The zero-order chi connectivity index (χ0) is 16.1. The van der Waals surface area contributed by atoms with Crippen LogP contribution in [-0.4, -0.2) is 64.3 Å². The first kappa shape index (κ1) is 18.4. The highest BCUT2D eigenvalue weighted by Gasteiger charge is 2.11. The van der Waals surface area contributed by atoms with Gasteiger partial charge in [0, 0.05) is 38.9 Å². The van der Waals surface area contributed by atoms with Crippen LogP contribution in [0, 0.1) is 0 Å². The Morgan fingerprint density at radius 1 is 1.29 bits per heavy atom. The van der Waals surface area contributed by atoms with E-state index in [1.54, 1.807) is 18.3 Å². The van der Waals surface area contributed by atoms with Crippen LogP contribution in [0.1, 0.15) is 6.42 Å². The lowest BCUT2D eigenvalue weighted by molar-refractivity contribution is -0.121. The minimum Gasteiger partial charge on any atom is -0.354 e. The van der Waals surface area contributed by atoms with Crippen LogP contribution in [0.5, 0.6) is 0 Å². The maximum Gasteiger partial charge on any atom is 0.350 e. The van der Waals surface area contributed by atoms with E-state index in [2.05, 4.69) is 20.6 Å². The molecule has 0 bridgehead atoms. The van der Waals surface area contributed by atoms with Gasteiger partial charge in [0.2, 0.25) is 5.91 Å². The standard InChI is InChI=1S/C15H22N6O2.ClH/c22-14(17-5-3-8-19-10-6-16-7-11-19)12-21-15(23)20-9-2-1-4-13(20)18-21;/h1-2,4,9,16H,3,5-8,10-12H2,(H,17,22);1H. The second-order valence-corrected chi connectivity index (χ2v) is 5.66. The maximum atomic E-state index is 12.1. The molecule has 8 nitrogen and oxygen atoms in total. The summed E-state index contributed by atoms with van der Waals surface area (Å²) in [4.78, 5) is 26.4.